The molecule has 0 radical (unpaired) electrons. The molecule has 0 aromatic heterocycles. The minimum absolute atomic E-state index is 0.214. The van der Waals surface area contributed by atoms with E-state index in [1.807, 2.05) is 0 Å². The highest BCUT2D eigenvalue weighted by Crippen LogP contribution is 2.27. The van der Waals surface area contributed by atoms with Crippen LogP contribution in [-0.2, 0) is 14.2 Å². The lowest BCUT2D eigenvalue weighted by molar-refractivity contribution is -0.338. The molecule has 0 unspecified atom stereocenters. The molecule has 2 fully saturated rings. The summed E-state index contributed by atoms with van der Waals surface area (Å²) in [6, 6.07) is 6.54. The summed E-state index contributed by atoms with van der Waals surface area (Å²) in [7, 11) is 1.52. The van der Waals surface area contributed by atoms with Gasteiger partial charge in [-0.3, -0.25) is 0 Å². The van der Waals surface area contributed by atoms with Crippen LogP contribution in [0.25, 0.3) is 0 Å². The molecule has 2 heterocycles. The molecule has 0 bridgehead atoms. The van der Waals surface area contributed by atoms with Gasteiger partial charge < -0.3 is 54.3 Å². The zero-order chi connectivity index (χ0) is 21.1. The molecule has 6 N–H and O–H groups in total. The number of rotatable bonds is 6. The van der Waals surface area contributed by atoms with Crippen LogP contribution >= 0.6 is 0 Å². The number of aliphatic hydroxyl groups is 6. The molecule has 1 aromatic carbocycles. The molecule has 1 aromatic rings. The fraction of sp³-hybridized carbons (Fsp3) is 0.667. The zero-order valence-electron chi connectivity index (χ0n) is 15.6. The SMILES string of the molecule is COc1ccc(O[C@@H]2OC[C@@H](O[C@@H]3O[C@H](CO)[C@H](O)[C@H](O)[C@H]3O)[C@H](O)[C@H]2O)cc1. The Hall–Kier alpha value is -1.54. The first-order valence-corrected chi connectivity index (χ1v) is 9.10. The van der Waals surface area contributed by atoms with Gasteiger partial charge in [-0.05, 0) is 24.3 Å². The summed E-state index contributed by atoms with van der Waals surface area (Å²) in [5, 5.41) is 59.6. The van der Waals surface area contributed by atoms with E-state index in [-0.39, 0.29) is 6.61 Å². The van der Waals surface area contributed by atoms with Crippen LogP contribution in [0.15, 0.2) is 24.3 Å². The van der Waals surface area contributed by atoms with Gasteiger partial charge in [0.15, 0.2) is 6.29 Å². The molecule has 11 nitrogen and oxygen atoms in total. The Morgan fingerprint density at radius 2 is 1.48 bits per heavy atom. The van der Waals surface area contributed by atoms with Crippen LogP contribution in [0.3, 0.4) is 0 Å². The van der Waals surface area contributed by atoms with E-state index < -0.39 is 61.9 Å². The van der Waals surface area contributed by atoms with Crippen molar-refractivity contribution in [2.75, 3.05) is 20.3 Å². The number of hydrogen-bond donors (Lipinski definition) is 6. The Morgan fingerprint density at radius 1 is 0.862 bits per heavy atom. The third-order valence-electron chi connectivity index (χ3n) is 4.90. The fourth-order valence-electron chi connectivity index (χ4n) is 3.13. The first-order chi connectivity index (χ1) is 13.8. The van der Waals surface area contributed by atoms with E-state index in [2.05, 4.69) is 0 Å². The fourth-order valence-corrected chi connectivity index (χ4v) is 3.13. The summed E-state index contributed by atoms with van der Waals surface area (Å²) in [4.78, 5) is 0. The molecule has 2 aliphatic heterocycles. The Bertz CT molecular complexity index is 639. The number of aliphatic hydroxyl groups excluding tert-OH is 6. The highest BCUT2D eigenvalue weighted by Gasteiger charge is 2.48. The maximum Gasteiger partial charge on any atom is 0.228 e. The van der Waals surface area contributed by atoms with Gasteiger partial charge in [-0.1, -0.05) is 0 Å². The molecule has 2 saturated heterocycles. The average Bonchev–Trinajstić information content (AvgIpc) is 2.74. The lowest BCUT2D eigenvalue weighted by Crippen LogP contribution is -2.62. The summed E-state index contributed by atoms with van der Waals surface area (Å²) in [6.07, 6.45) is -12.6. The van der Waals surface area contributed by atoms with E-state index in [9.17, 15) is 30.6 Å². The normalized spacial score (nSPS) is 40.4. The Labute approximate surface area is 166 Å². The molecule has 2 aliphatic rings. The van der Waals surface area contributed by atoms with E-state index in [1.165, 1.54) is 7.11 Å². The molecular formula is C18H26O11. The summed E-state index contributed by atoms with van der Waals surface area (Å²) < 4.78 is 26.7. The monoisotopic (exact) mass is 418 g/mol. The van der Waals surface area contributed by atoms with E-state index in [4.69, 9.17) is 23.7 Å². The second-order valence-electron chi connectivity index (χ2n) is 6.85. The van der Waals surface area contributed by atoms with E-state index in [0.29, 0.717) is 11.5 Å². The Balaban J connectivity index is 1.59. The van der Waals surface area contributed by atoms with Crippen molar-refractivity contribution < 1.29 is 54.3 Å². The smallest absolute Gasteiger partial charge is 0.228 e. The van der Waals surface area contributed by atoms with Crippen molar-refractivity contribution in [1.82, 2.24) is 0 Å². The molecule has 0 amide bonds. The second kappa shape index (κ2) is 9.51. The summed E-state index contributed by atoms with van der Waals surface area (Å²) in [5.74, 6) is 1.01. The summed E-state index contributed by atoms with van der Waals surface area (Å²) in [6.45, 7) is -0.830. The summed E-state index contributed by atoms with van der Waals surface area (Å²) in [5.41, 5.74) is 0. The molecular weight excluding hydrogens is 392 g/mol. The van der Waals surface area contributed by atoms with E-state index in [0.717, 1.165) is 0 Å². The van der Waals surface area contributed by atoms with Crippen molar-refractivity contribution in [3.8, 4) is 11.5 Å². The van der Waals surface area contributed by atoms with Crippen molar-refractivity contribution in [2.45, 2.75) is 55.3 Å². The van der Waals surface area contributed by atoms with Gasteiger partial charge in [0, 0.05) is 0 Å². The molecule has 164 valence electrons. The second-order valence-corrected chi connectivity index (χ2v) is 6.85. The van der Waals surface area contributed by atoms with Gasteiger partial charge in [-0.25, -0.2) is 0 Å². The summed E-state index contributed by atoms with van der Waals surface area (Å²) >= 11 is 0. The van der Waals surface area contributed by atoms with Crippen molar-refractivity contribution in [3.05, 3.63) is 24.3 Å². The van der Waals surface area contributed by atoms with Crippen LogP contribution in [-0.4, -0.2) is 106 Å². The van der Waals surface area contributed by atoms with Crippen molar-refractivity contribution >= 4 is 0 Å². The molecule has 0 aliphatic carbocycles. The standard InChI is InChI=1S/C18H26O11/c1-25-8-2-4-9(5-3-8)27-17-15(23)13(21)11(7-26-17)29-18-16(24)14(22)12(20)10(6-19)28-18/h2-5,10-24H,6-7H2,1H3/t10-,11-,12+,13+,14+,15-,16-,17+,18+/m1/s1. The third-order valence-corrected chi connectivity index (χ3v) is 4.90. The molecule has 0 saturated carbocycles. The minimum Gasteiger partial charge on any atom is -0.497 e. The van der Waals surface area contributed by atoms with Gasteiger partial charge in [0.05, 0.1) is 20.3 Å². The van der Waals surface area contributed by atoms with Crippen LogP contribution in [0, 0.1) is 0 Å². The molecule has 29 heavy (non-hydrogen) atoms. The topological polar surface area (TPSA) is 168 Å². The number of hydrogen-bond acceptors (Lipinski definition) is 11. The van der Waals surface area contributed by atoms with Gasteiger partial charge in [0.2, 0.25) is 6.29 Å². The quantitative estimate of drug-likeness (QED) is 0.285. The first kappa shape index (κ1) is 22.2. The van der Waals surface area contributed by atoms with Crippen LogP contribution < -0.4 is 9.47 Å². The third kappa shape index (κ3) is 4.79. The van der Waals surface area contributed by atoms with E-state index >= 15 is 0 Å². The maximum absolute atomic E-state index is 10.4. The molecule has 3 rings (SSSR count). The van der Waals surface area contributed by atoms with Gasteiger partial charge >= 0.3 is 0 Å². The van der Waals surface area contributed by atoms with Gasteiger partial charge in [-0.15, -0.1) is 0 Å². The predicted octanol–water partition coefficient (Wildman–Crippen LogP) is -2.66. The van der Waals surface area contributed by atoms with Crippen LogP contribution in [0.1, 0.15) is 0 Å². The number of methoxy groups -OCH3 is 1. The predicted molar refractivity (Wildman–Crippen MR) is 94.0 cm³/mol. The van der Waals surface area contributed by atoms with Crippen molar-refractivity contribution in [3.63, 3.8) is 0 Å². The highest BCUT2D eigenvalue weighted by molar-refractivity contribution is 5.31. The van der Waals surface area contributed by atoms with Crippen LogP contribution in [0.4, 0.5) is 0 Å². The van der Waals surface area contributed by atoms with Crippen molar-refractivity contribution in [2.24, 2.45) is 0 Å². The largest absolute Gasteiger partial charge is 0.497 e. The minimum atomic E-state index is -1.63. The molecule has 0 spiro atoms. The lowest BCUT2D eigenvalue weighted by atomic mass is 9.99. The van der Waals surface area contributed by atoms with Crippen molar-refractivity contribution in [1.29, 1.82) is 0 Å². The van der Waals surface area contributed by atoms with E-state index in [1.54, 1.807) is 24.3 Å². The Morgan fingerprint density at radius 3 is 2.10 bits per heavy atom. The number of ether oxygens (including phenoxy) is 5. The molecule has 9 atom stereocenters. The van der Waals surface area contributed by atoms with Gasteiger partial charge in [-0.2, -0.15) is 0 Å². The van der Waals surface area contributed by atoms with Crippen LogP contribution in [0.5, 0.6) is 11.5 Å². The van der Waals surface area contributed by atoms with Gasteiger partial charge in [0.25, 0.3) is 0 Å². The zero-order valence-corrected chi connectivity index (χ0v) is 15.6. The Kier molecular flexibility index (Phi) is 7.27. The first-order valence-electron chi connectivity index (χ1n) is 9.10. The van der Waals surface area contributed by atoms with Gasteiger partial charge in [0.1, 0.15) is 54.2 Å². The highest BCUT2D eigenvalue weighted by atomic mass is 16.7. The molecule has 11 heteroatoms. The maximum atomic E-state index is 10.4. The number of benzene rings is 1. The average molecular weight is 418 g/mol. The lowest BCUT2D eigenvalue weighted by Gasteiger charge is -2.43. The van der Waals surface area contributed by atoms with Crippen LogP contribution in [0.2, 0.25) is 0 Å².